The molecule has 1 aromatic carbocycles. The summed E-state index contributed by atoms with van der Waals surface area (Å²) in [7, 11) is 0. The molecule has 1 unspecified atom stereocenters. The first-order valence-corrected chi connectivity index (χ1v) is 11.7. The van der Waals surface area contributed by atoms with Gasteiger partial charge in [0.25, 0.3) is 0 Å². The van der Waals surface area contributed by atoms with E-state index in [4.69, 9.17) is 17.0 Å². The number of rotatable bonds is 8. The van der Waals surface area contributed by atoms with Crippen molar-refractivity contribution in [1.82, 2.24) is 25.0 Å². The number of H-pyrrole nitrogens is 1. The minimum absolute atomic E-state index is 0.00682. The van der Waals surface area contributed by atoms with Gasteiger partial charge in [-0.15, -0.1) is 11.3 Å². The Bertz CT molecular complexity index is 1060. The third-order valence-corrected chi connectivity index (χ3v) is 6.45. The van der Waals surface area contributed by atoms with E-state index in [0.29, 0.717) is 24.3 Å². The summed E-state index contributed by atoms with van der Waals surface area (Å²) in [5, 5.41) is 12.2. The maximum absolute atomic E-state index is 12.4. The minimum Gasteiger partial charge on any atom is -0.376 e. The van der Waals surface area contributed by atoms with Gasteiger partial charge in [-0.05, 0) is 41.7 Å². The maximum atomic E-state index is 12.4. The lowest BCUT2D eigenvalue weighted by Crippen LogP contribution is -2.40. The predicted octanol–water partition coefficient (Wildman–Crippen LogP) is 3.60. The molecule has 1 amide bonds. The van der Waals surface area contributed by atoms with E-state index in [0.717, 1.165) is 42.5 Å². The molecule has 31 heavy (non-hydrogen) atoms. The molecule has 2 N–H and O–H groups in total. The van der Waals surface area contributed by atoms with Crippen LogP contribution in [0.1, 0.15) is 24.5 Å². The van der Waals surface area contributed by atoms with E-state index in [1.807, 2.05) is 28.1 Å². The molecule has 0 radical (unpaired) electrons. The number of carbonyl (C=O) groups is 1. The first-order valence-electron chi connectivity index (χ1n) is 10.5. The van der Waals surface area contributed by atoms with Crippen LogP contribution in [0.3, 0.4) is 0 Å². The van der Waals surface area contributed by atoms with Gasteiger partial charge in [-0.2, -0.15) is 5.10 Å². The minimum atomic E-state index is -0.00682. The summed E-state index contributed by atoms with van der Waals surface area (Å²) in [5.74, 6) is 0.769. The van der Waals surface area contributed by atoms with E-state index >= 15 is 0 Å². The molecule has 3 aromatic rings. The van der Waals surface area contributed by atoms with E-state index < -0.39 is 0 Å². The quantitative estimate of drug-likeness (QED) is 0.506. The first kappa shape index (κ1) is 21.9. The fourth-order valence-electron chi connectivity index (χ4n) is 3.75. The monoisotopic (exact) mass is 457 g/mol. The van der Waals surface area contributed by atoms with Gasteiger partial charge in [-0.3, -0.25) is 19.4 Å². The van der Waals surface area contributed by atoms with Gasteiger partial charge in [-0.25, -0.2) is 0 Å². The van der Waals surface area contributed by atoms with Gasteiger partial charge in [0.05, 0.1) is 17.6 Å². The highest BCUT2D eigenvalue weighted by atomic mass is 32.1. The number of nitrogens with one attached hydrogen (secondary N) is 2. The zero-order valence-corrected chi connectivity index (χ0v) is 19.2. The molecule has 9 heteroatoms. The lowest BCUT2D eigenvalue weighted by Gasteiger charge is -2.31. The van der Waals surface area contributed by atoms with Crippen LogP contribution < -0.4 is 5.32 Å². The van der Waals surface area contributed by atoms with Gasteiger partial charge >= 0.3 is 0 Å². The fraction of sp³-hybridized carbons (Fsp3) is 0.409. The summed E-state index contributed by atoms with van der Waals surface area (Å²) in [6, 6.07) is 12.4. The van der Waals surface area contributed by atoms with Crippen LogP contribution in [0, 0.1) is 4.77 Å². The van der Waals surface area contributed by atoms with Crippen molar-refractivity contribution in [3.63, 3.8) is 0 Å². The standard InChI is InChI=1S/C22H27N5O2S2/c1-16-14-26(9-10-29-16)15-18-5-2-4-17(12-18)13-23-20(28)7-8-27-21(24-25-22(27)30)19-6-3-11-31-19/h2-6,11-12,16H,7-10,13-15H2,1H3,(H,23,28)(H,25,30). The summed E-state index contributed by atoms with van der Waals surface area (Å²) in [6.07, 6.45) is 0.623. The van der Waals surface area contributed by atoms with Crippen LogP contribution in [0.5, 0.6) is 0 Å². The van der Waals surface area contributed by atoms with Crippen LogP contribution >= 0.6 is 23.6 Å². The number of carbonyl (C=O) groups excluding carboxylic acids is 1. The van der Waals surface area contributed by atoms with Gasteiger partial charge in [-0.1, -0.05) is 30.3 Å². The van der Waals surface area contributed by atoms with Gasteiger partial charge in [0.15, 0.2) is 10.6 Å². The normalized spacial score (nSPS) is 17.0. The molecule has 7 nitrogen and oxygen atoms in total. The zero-order chi connectivity index (χ0) is 21.6. The summed E-state index contributed by atoms with van der Waals surface area (Å²) in [6.45, 7) is 6.70. The Morgan fingerprint density at radius 1 is 1.35 bits per heavy atom. The van der Waals surface area contributed by atoms with Crippen molar-refractivity contribution >= 4 is 29.5 Å². The zero-order valence-electron chi connectivity index (χ0n) is 17.5. The van der Waals surface area contributed by atoms with Crippen molar-refractivity contribution in [1.29, 1.82) is 0 Å². The smallest absolute Gasteiger partial charge is 0.222 e. The number of hydrogen-bond acceptors (Lipinski definition) is 6. The molecule has 0 aliphatic carbocycles. The largest absolute Gasteiger partial charge is 0.376 e. The number of benzene rings is 1. The van der Waals surface area contributed by atoms with E-state index in [1.165, 1.54) is 5.56 Å². The predicted molar refractivity (Wildman–Crippen MR) is 124 cm³/mol. The van der Waals surface area contributed by atoms with Crippen molar-refractivity contribution in [2.24, 2.45) is 0 Å². The van der Waals surface area contributed by atoms with Gasteiger partial charge in [0, 0.05) is 39.1 Å². The highest BCUT2D eigenvalue weighted by Crippen LogP contribution is 2.22. The summed E-state index contributed by atoms with van der Waals surface area (Å²) in [5.41, 5.74) is 2.36. The Kier molecular flexibility index (Phi) is 7.29. The number of hydrogen-bond donors (Lipinski definition) is 2. The first-order chi connectivity index (χ1) is 15.1. The van der Waals surface area contributed by atoms with Crippen molar-refractivity contribution in [2.45, 2.75) is 39.1 Å². The number of nitrogens with zero attached hydrogens (tertiary/aromatic N) is 3. The Morgan fingerprint density at radius 3 is 3.03 bits per heavy atom. The van der Waals surface area contributed by atoms with Gasteiger partial charge in [0.1, 0.15) is 0 Å². The lowest BCUT2D eigenvalue weighted by molar-refractivity contribution is -0.121. The summed E-state index contributed by atoms with van der Waals surface area (Å²) < 4.78 is 8.03. The summed E-state index contributed by atoms with van der Waals surface area (Å²) >= 11 is 6.93. The molecule has 164 valence electrons. The molecule has 0 saturated carbocycles. The van der Waals surface area contributed by atoms with Crippen LogP contribution in [-0.2, 0) is 29.2 Å². The molecule has 1 aliphatic rings. The molecule has 4 rings (SSSR count). The molecule has 3 heterocycles. The number of aromatic amines is 1. The Labute approximate surface area is 191 Å². The molecule has 2 aromatic heterocycles. The van der Waals surface area contributed by atoms with Crippen LogP contribution in [-0.4, -0.2) is 51.4 Å². The average molecular weight is 458 g/mol. The van der Waals surface area contributed by atoms with Crippen LogP contribution in [0.25, 0.3) is 10.7 Å². The van der Waals surface area contributed by atoms with Crippen molar-refractivity contribution in [2.75, 3.05) is 19.7 Å². The SMILES string of the molecule is CC1CN(Cc2cccc(CNC(=O)CCn3c(-c4cccs4)n[nH]c3=S)c2)CCO1. The number of aromatic nitrogens is 3. The van der Waals surface area contributed by atoms with E-state index in [9.17, 15) is 4.79 Å². The molecule has 0 bridgehead atoms. The molecular weight excluding hydrogens is 430 g/mol. The second-order valence-electron chi connectivity index (χ2n) is 7.74. The number of amides is 1. The maximum Gasteiger partial charge on any atom is 0.222 e. The van der Waals surface area contributed by atoms with E-state index in [1.54, 1.807) is 11.3 Å². The van der Waals surface area contributed by atoms with Crippen LogP contribution in [0.2, 0.25) is 0 Å². The Hall–Kier alpha value is -2.33. The van der Waals surface area contributed by atoms with Crippen LogP contribution in [0.4, 0.5) is 0 Å². The third kappa shape index (κ3) is 5.88. The second-order valence-corrected chi connectivity index (χ2v) is 9.08. The molecular formula is C22H27N5O2S2. The number of morpholine rings is 1. The highest BCUT2D eigenvalue weighted by Gasteiger charge is 2.16. The third-order valence-electron chi connectivity index (χ3n) is 5.27. The van der Waals surface area contributed by atoms with Crippen LogP contribution in [0.15, 0.2) is 41.8 Å². The Morgan fingerprint density at radius 2 is 2.23 bits per heavy atom. The molecule has 1 saturated heterocycles. The molecule has 1 fully saturated rings. The average Bonchev–Trinajstić information content (AvgIpc) is 3.41. The molecule has 0 spiro atoms. The number of thiophene rings is 1. The molecule has 1 aliphatic heterocycles. The fourth-order valence-corrected chi connectivity index (χ4v) is 4.70. The van der Waals surface area contributed by atoms with Gasteiger partial charge in [0.2, 0.25) is 5.91 Å². The second kappa shape index (κ2) is 10.3. The van der Waals surface area contributed by atoms with Gasteiger partial charge < -0.3 is 10.1 Å². The van der Waals surface area contributed by atoms with Crippen molar-refractivity contribution < 1.29 is 9.53 Å². The van der Waals surface area contributed by atoms with E-state index in [-0.39, 0.29) is 12.0 Å². The van der Waals surface area contributed by atoms with E-state index in [2.05, 4.69) is 45.5 Å². The number of ether oxygens (including phenoxy) is 1. The van der Waals surface area contributed by atoms with Crippen molar-refractivity contribution in [3.05, 3.63) is 57.7 Å². The lowest BCUT2D eigenvalue weighted by atomic mass is 10.1. The highest BCUT2D eigenvalue weighted by molar-refractivity contribution is 7.71. The molecule has 1 atom stereocenters. The topological polar surface area (TPSA) is 75.2 Å². The van der Waals surface area contributed by atoms with Crippen molar-refractivity contribution in [3.8, 4) is 10.7 Å². The Balaban J connectivity index is 1.29. The summed E-state index contributed by atoms with van der Waals surface area (Å²) in [4.78, 5) is 15.9.